The summed E-state index contributed by atoms with van der Waals surface area (Å²) >= 11 is 0. The van der Waals surface area contributed by atoms with Crippen molar-refractivity contribution in [2.75, 3.05) is 0 Å². The van der Waals surface area contributed by atoms with Crippen molar-refractivity contribution in [2.24, 2.45) is 208 Å². The van der Waals surface area contributed by atoms with Crippen LogP contribution < -0.4 is 0 Å². The zero-order chi connectivity index (χ0) is 47.6. The molecule has 36 atom stereocenters. The molecule has 24 rings (SSSR count). The highest BCUT2D eigenvalue weighted by molar-refractivity contribution is 5.78. The van der Waals surface area contributed by atoms with E-state index in [1.54, 1.807) is 244 Å². The van der Waals surface area contributed by atoms with E-state index in [2.05, 4.69) is 0 Å². The predicted octanol–water partition coefficient (Wildman–Crippen LogP) is 18.4. The van der Waals surface area contributed by atoms with Gasteiger partial charge in [-0.3, -0.25) is 0 Å². The molecule has 0 saturated heterocycles. The van der Waals surface area contributed by atoms with Crippen LogP contribution in [-0.4, -0.2) is 0 Å². The second kappa shape index (κ2) is 12.6. The Morgan fingerprint density at radius 2 is 0.627 bits per heavy atom. The predicted molar refractivity (Wildman–Crippen MR) is 295 cm³/mol. The molecule has 10 spiro atoms. The van der Waals surface area contributed by atoms with Crippen molar-refractivity contribution in [1.29, 1.82) is 0 Å². The van der Waals surface area contributed by atoms with Gasteiger partial charge in [0.25, 0.3) is 0 Å². The van der Waals surface area contributed by atoms with Gasteiger partial charge in [-0.05, 0) is 336 Å². The second-order valence-electron chi connectivity index (χ2n) is 37.5. The molecule has 0 N–H and O–H groups in total. The summed E-state index contributed by atoms with van der Waals surface area (Å²) in [5.41, 5.74) is 9.56. The minimum Gasteiger partial charge on any atom is -0.0533 e. The van der Waals surface area contributed by atoms with Crippen LogP contribution in [0.2, 0.25) is 0 Å². The SMILES string of the molecule is C1CCCCC2CCCCC3CCCCC4CCC5CCC6CCCC7CC8C9C%10C%11C%12C%13C%14C%15CC%16CC%17C%18C%19C%20C%21C%22C%23C%24CC(CCCC1)C7(CCCC6CCC5CCC24CCC3)CC%248C%239C%22%10C%21%11C%20%12C%19%13C%18%14C%16%17%15. The van der Waals surface area contributed by atoms with Gasteiger partial charge in [0.15, 0.2) is 0 Å². The Hall–Kier alpha value is 0. The van der Waals surface area contributed by atoms with Gasteiger partial charge in [0.05, 0.1) is 0 Å². The van der Waals surface area contributed by atoms with Crippen LogP contribution in [0.1, 0.15) is 250 Å². The Kier molecular flexibility index (Phi) is 7.18. The molecular formula is C75H104. The maximum absolute atomic E-state index is 1.85. The van der Waals surface area contributed by atoms with Gasteiger partial charge in [-0.25, -0.2) is 0 Å². The molecule has 0 aromatic rings. The fourth-order valence-electron chi connectivity index (χ4n) is 41.3. The van der Waals surface area contributed by atoms with Crippen LogP contribution in [0, 0.1) is 208 Å². The molecule has 24 saturated carbocycles. The van der Waals surface area contributed by atoms with E-state index in [4.69, 9.17) is 0 Å². The summed E-state index contributed by atoms with van der Waals surface area (Å²) in [7, 11) is 0. The molecule has 6 bridgehead atoms. The van der Waals surface area contributed by atoms with Crippen LogP contribution in [0.5, 0.6) is 0 Å². The Labute approximate surface area is 456 Å². The maximum atomic E-state index is 1.85. The first-order chi connectivity index (χ1) is 37.1. The summed E-state index contributed by atoms with van der Waals surface area (Å²) in [6, 6.07) is 0. The monoisotopic (exact) mass is 1000 g/mol. The molecule has 75 heavy (non-hydrogen) atoms. The van der Waals surface area contributed by atoms with Crippen LogP contribution in [0.15, 0.2) is 0 Å². The van der Waals surface area contributed by atoms with Gasteiger partial charge in [0.1, 0.15) is 0 Å². The van der Waals surface area contributed by atoms with Crippen LogP contribution >= 0.6 is 0 Å². The van der Waals surface area contributed by atoms with E-state index in [1.807, 2.05) is 6.42 Å². The first-order valence-electron chi connectivity index (χ1n) is 37.1. The molecule has 404 valence electrons. The lowest BCUT2D eigenvalue weighted by molar-refractivity contribution is -0.890. The maximum Gasteiger partial charge on any atom is -0.00932 e. The van der Waals surface area contributed by atoms with Crippen LogP contribution in [-0.2, 0) is 0 Å². The Bertz CT molecular complexity index is 2530. The standard InChI is InChI=1S/C75H104/c1-2-4-6-20-45-21-10-8-15-40-16-9-11-22-46-30-29-43-27-25-41-18-12-24-48-36-51-55-59-63-65-61-57-53-38-49-37-52-56-60-64-62-58-54-50-35-47(23-7-5-3-1)67(48,33-14-19-42(41)26-28-44(43)31-34-66(45,46)32-13-17-40)39-68(50,51)70(54,55)72(58,59)74(62,63)75(64,65)73(60,61)71(56,57)69(49,52)53/h40-65H,1-39H2. The van der Waals surface area contributed by atoms with E-state index < -0.39 is 0 Å². The summed E-state index contributed by atoms with van der Waals surface area (Å²) in [6.45, 7) is 0. The number of rotatable bonds is 0. The molecule has 0 nitrogen and oxygen atoms in total. The van der Waals surface area contributed by atoms with Gasteiger partial charge in [-0.2, -0.15) is 0 Å². The van der Waals surface area contributed by atoms with Crippen LogP contribution in [0.25, 0.3) is 0 Å². The third kappa shape index (κ3) is 3.28. The number of hydrogen-bond donors (Lipinski definition) is 0. The molecule has 0 heteroatoms. The summed E-state index contributed by atoms with van der Waals surface area (Å²) in [4.78, 5) is 0. The smallest absolute Gasteiger partial charge is 0.00932 e. The molecule has 0 radical (unpaired) electrons. The number of hydrogen-bond acceptors (Lipinski definition) is 0. The Morgan fingerprint density at radius 3 is 1.25 bits per heavy atom. The second-order valence-corrected chi connectivity index (χ2v) is 37.5. The van der Waals surface area contributed by atoms with Crippen molar-refractivity contribution < 1.29 is 0 Å². The highest BCUT2D eigenvalue weighted by Crippen LogP contribution is 3.35. The molecule has 0 aliphatic heterocycles. The molecular weight excluding hydrogens is 901 g/mol. The van der Waals surface area contributed by atoms with Crippen molar-refractivity contribution >= 4 is 0 Å². The zero-order valence-corrected chi connectivity index (χ0v) is 47.6. The van der Waals surface area contributed by atoms with E-state index in [-0.39, 0.29) is 0 Å². The lowest BCUT2D eigenvalue weighted by atomic mass is 8.69. The topological polar surface area (TPSA) is 0 Å². The minimum absolute atomic E-state index is 0.698. The van der Waals surface area contributed by atoms with E-state index in [9.17, 15) is 0 Å². The molecule has 0 aromatic carbocycles. The molecule has 24 aliphatic rings. The first kappa shape index (κ1) is 42.8. The quantitative estimate of drug-likeness (QED) is 0.227. The molecule has 0 heterocycles. The summed E-state index contributed by atoms with van der Waals surface area (Å²) < 4.78 is 0. The molecule has 0 amide bonds. The molecule has 24 aliphatic carbocycles. The van der Waals surface area contributed by atoms with Crippen molar-refractivity contribution in [3.8, 4) is 0 Å². The Balaban J connectivity index is 0.558. The van der Waals surface area contributed by atoms with Crippen molar-refractivity contribution in [3.63, 3.8) is 0 Å². The lowest BCUT2D eigenvalue weighted by Gasteiger charge is -3.34. The van der Waals surface area contributed by atoms with E-state index in [1.165, 1.54) is 101 Å². The summed E-state index contributed by atoms with van der Waals surface area (Å²) in [5, 5.41) is 0. The van der Waals surface area contributed by atoms with Gasteiger partial charge in [-0.1, -0.05) is 122 Å². The van der Waals surface area contributed by atoms with Gasteiger partial charge >= 0.3 is 0 Å². The minimum atomic E-state index is 0.698. The van der Waals surface area contributed by atoms with Crippen LogP contribution in [0.4, 0.5) is 0 Å². The van der Waals surface area contributed by atoms with Gasteiger partial charge in [0.2, 0.25) is 0 Å². The first-order valence-corrected chi connectivity index (χ1v) is 37.1. The lowest BCUT2D eigenvalue weighted by Crippen LogP contribution is -3.32. The fraction of sp³-hybridized carbons (Fsp3) is 1.00. The van der Waals surface area contributed by atoms with Gasteiger partial charge in [0, 0.05) is 0 Å². The van der Waals surface area contributed by atoms with E-state index in [0.717, 1.165) is 102 Å². The summed E-state index contributed by atoms with van der Waals surface area (Å²) in [6.07, 6.45) is 64.1. The highest BCUT2D eigenvalue weighted by Gasteiger charge is 3.33. The number of fused-ring (bicyclic) bond motifs is 21. The van der Waals surface area contributed by atoms with Crippen molar-refractivity contribution in [2.45, 2.75) is 250 Å². The van der Waals surface area contributed by atoms with E-state index in [0.29, 0.717) is 5.41 Å². The summed E-state index contributed by atoms with van der Waals surface area (Å²) in [5.74, 6) is 32.0. The Morgan fingerprint density at radius 1 is 0.227 bits per heavy atom. The average molecular weight is 1010 g/mol. The van der Waals surface area contributed by atoms with Crippen LogP contribution in [0.3, 0.4) is 0 Å². The largest absolute Gasteiger partial charge is 0.0533 e. The normalized spacial score (nSPS) is 75.5. The van der Waals surface area contributed by atoms with Crippen molar-refractivity contribution in [3.05, 3.63) is 0 Å². The third-order valence-electron chi connectivity index (χ3n) is 40.1. The average Bonchev–Trinajstić information content (AvgIpc) is 0.839. The van der Waals surface area contributed by atoms with Gasteiger partial charge in [-0.15, -0.1) is 0 Å². The van der Waals surface area contributed by atoms with Crippen molar-refractivity contribution in [1.82, 2.24) is 0 Å². The molecule has 0 aromatic heterocycles. The van der Waals surface area contributed by atoms with Gasteiger partial charge < -0.3 is 0 Å². The molecule has 24 fully saturated rings. The third-order valence-corrected chi connectivity index (χ3v) is 40.1. The highest BCUT2D eigenvalue weighted by atomic mass is 15.4. The molecule has 36 unspecified atom stereocenters. The fourth-order valence-corrected chi connectivity index (χ4v) is 41.3. The van der Waals surface area contributed by atoms with E-state index >= 15 is 0 Å². The zero-order valence-electron chi connectivity index (χ0n) is 47.6.